The number of amides is 1. The molecule has 0 bridgehead atoms. The van der Waals surface area contributed by atoms with Crippen LogP contribution in [0.3, 0.4) is 0 Å². The molecule has 0 aliphatic rings. The van der Waals surface area contributed by atoms with Gasteiger partial charge in [-0.05, 0) is 44.6 Å². The van der Waals surface area contributed by atoms with E-state index in [4.69, 9.17) is 5.73 Å². The second-order valence-electron chi connectivity index (χ2n) is 7.73. The molecule has 0 rings (SSSR count). The monoisotopic (exact) mass is 354 g/mol. The zero-order valence-electron chi connectivity index (χ0n) is 17.1. The molecular weight excluding hydrogens is 312 g/mol. The third-order valence-electron chi connectivity index (χ3n) is 5.18. The van der Waals surface area contributed by atoms with Gasteiger partial charge in [-0.25, -0.2) is 0 Å². The van der Waals surface area contributed by atoms with Crippen LogP contribution in [0.15, 0.2) is 0 Å². The number of hydrogen-bond donors (Lipinski definition) is 2. The highest BCUT2D eigenvalue weighted by atomic mass is 16.2. The summed E-state index contributed by atoms with van der Waals surface area (Å²) in [7, 11) is 0. The first-order valence-corrected chi connectivity index (χ1v) is 10.4. The average Bonchev–Trinajstić information content (AvgIpc) is 2.56. The molecule has 0 heterocycles. The number of nitrogens with one attached hydrogen (secondary N) is 1. The van der Waals surface area contributed by atoms with Crippen molar-refractivity contribution in [3.63, 3.8) is 0 Å². The number of Topliss-reactive ketones (excluding diaryl/α,β-unsaturated/α-hetero) is 1. The molecule has 0 aliphatic carbocycles. The van der Waals surface area contributed by atoms with Crippen LogP contribution in [0.2, 0.25) is 0 Å². The average molecular weight is 355 g/mol. The van der Waals surface area contributed by atoms with Gasteiger partial charge in [-0.3, -0.25) is 9.59 Å². The van der Waals surface area contributed by atoms with Crippen molar-refractivity contribution in [1.82, 2.24) is 5.32 Å². The van der Waals surface area contributed by atoms with Crippen molar-refractivity contribution in [3.05, 3.63) is 0 Å². The number of ketones is 1. The van der Waals surface area contributed by atoms with E-state index in [0.29, 0.717) is 12.8 Å². The lowest BCUT2D eigenvalue weighted by Crippen LogP contribution is -2.39. The number of rotatable bonds is 16. The Kier molecular flexibility index (Phi) is 14.8. The second kappa shape index (κ2) is 15.4. The Bertz CT molecular complexity index is 356. The summed E-state index contributed by atoms with van der Waals surface area (Å²) in [4.78, 5) is 23.2. The molecule has 0 radical (unpaired) electrons. The van der Waals surface area contributed by atoms with Crippen LogP contribution in [-0.2, 0) is 9.59 Å². The quantitative estimate of drug-likeness (QED) is 0.398. The van der Waals surface area contributed by atoms with E-state index in [1.807, 2.05) is 6.92 Å². The van der Waals surface area contributed by atoms with E-state index in [9.17, 15) is 9.59 Å². The summed E-state index contributed by atoms with van der Waals surface area (Å²) in [5.41, 5.74) is 5.54. The van der Waals surface area contributed by atoms with Gasteiger partial charge in [0.1, 0.15) is 0 Å². The van der Waals surface area contributed by atoms with E-state index < -0.39 is 0 Å². The minimum atomic E-state index is -0.308. The third-order valence-corrected chi connectivity index (χ3v) is 5.18. The van der Waals surface area contributed by atoms with Crippen molar-refractivity contribution in [3.8, 4) is 0 Å². The van der Waals surface area contributed by atoms with Gasteiger partial charge in [-0.2, -0.15) is 0 Å². The first kappa shape index (κ1) is 24.1. The van der Waals surface area contributed by atoms with Crippen molar-refractivity contribution in [2.24, 2.45) is 17.6 Å². The van der Waals surface area contributed by atoms with Crippen LogP contribution in [0, 0.1) is 11.8 Å². The lowest BCUT2D eigenvalue weighted by atomic mass is 9.85. The highest BCUT2D eigenvalue weighted by Gasteiger charge is 2.15. The van der Waals surface area contributed by atoms with Gasteiger partial charge in [0, 0.05) is 6.42 Å². The fourth-order valence-electron chi connectivity index (χ4n) is 3.34. The molecule has 0 aliphatic heterocycles. The Balaban J connectivity index is 3.83. The first-order chi connectivity index (χ1) is 11.9. The standard InChI is InChI=1S/C21H42N2O2/c1-5-20(18(4)24)23-21(25)15-11-8-10-14-19(17(2)3)13-9-6-7-12-16-22/h17,19-20H,5-16,22H2,1-4H3,(H,23,25). The maximum Gasteiger partial charge on any atom is 0.220 e. The Morgan fingerprint density at radius 2 is 1.48 bits per heavy atom. The molecule has 4 nitrogen and oxygen atoms in total. The Hall–Kier alpha value is -0.900. The molecule has 2 unspecified atom stereocenters. The molecule has 4 heteroatoms. The van der Waals surface area contributed by atoms with E-state index in [2.05, 4.69) is 19.2 Å². The Labute approximate surface area is 155 Å². The van der Waals surface area contributed by atoms with Crippen molar-refractivity contribution in [1.29, 1.82) is 0 Å². The molecule has 0 fully saturated rings. The summed E-state index contributed by atoms with van der Waals surface area (Å²) < 4.78 is 0. The fraction of sp³-hybridized carbons (Fsp3) is 0.905. The number of unbranched alkanes of at least 4 members (excludes halogenated alkanes) is 5. The maximum absolute atomic E-state index is 11.9. The first-order valence-electron chi connectivity index (χ1n) is 10.4. The molecule has 0 aromatic rings. The molecule has 0 saturated carbocycles. The van der Waals surface area contributed by atoms with Gasteiger partial charge in [0.2, 0.25) is 5.91 Å². The summed E-state index contributed by atoms with van der Waals surface area (Å²) in [6.07, 6.45) is 12.0. The van der Waals surface area contributed by atoms with Crippen LogP contribution in [-0.4, -0.2) is 24.3 Å². The highest BCUT2D eigenvalue weighted by Crippen LogP contribution is 2.25. The predicted molar refractivity (Wildman–Crippen MR) is 106 cm³/mol. The maximum atomic E-state index is 11.9. The Morgan fingerprint density at radius 3 is 1.96 bits per heavy atom. The summed E-state index contributed by atoms with van der Waals surface area (Å²) in [5, 5.41) is 2.83. The van der Waals surface area contributed by atoms with E-state index in [1.165, 1.54) is 45.4 Å². The minimum absolute atomic E-state index is 0.0161. The lowest BCUT2D eigenvalue weighted by molar-refractivity contribution is -0.127. The molecule has 1 amide bonds. The molecule has 0 saturated heterocycles. The van der Waals surface area contributed by atoms with Crippen LogP contribution < -0.4 is 11.1 Å². The van der Waals surface area contributed by atoms with Crippen molar-refractivity contribution in [2.45, 2.75) is 104 Å². The summed E-state index contributed by atoms with van der Waals surface area (Å²) in [6, 6.07) is -0.308. The lowest BCUT2D eigenvalue weighted by Gasteiger charge is -2.21. The van der Waals surface area contributed by atoms with Gasteiger partial charge in [0.15, 0.2) is 5.78 Å². The number of carbonyl (C=O) groups is 2. The Morgan fingerprint density at radius 1 is 0.920 bits per heavy atom. The summed E-state index contributed by atoms with van der Waals surface area (Å²) >= 11 is 0. The van der Waals surface area contributed by atoms with Gasteiger partial charge in [-0.1, -0.05) is 65.7 Å². The topological polar surface area (TPSA) is 72.2 Å². The van der Waals surface area contributed by atoms with Crippen molar-refractivity contribution >= 4 is 11.7 Å². The predicted octanol–water partition coefficient (Wildman–Crippen LogP) is 4.60. The molecular formula is C21H42N2O2. The molecule has 0 spiro atoms. The molecule has 0 aromatic carbocycles. The van der Waals surface area contributed by atoms with E-state index in [1.54, 1.807) is 0 Å². The number of carbonyl (C=O) groups excluding carboxylic acids is 2. The van der Waals surface area contributed by atoms with Gasteiger partial charge < -0.3 is 11.1 Å². The smallest absolute Gasteiger partial charge is 0.220 e. The fourth-order valence-corrected chi connectivity index (χ4v) is 3.34. The van der Waals surface area contributed by atoms with Gasteiger partial charge in [0.25, 0.3) is 0 Å². The number of nitrogens with two attached hydrogens (primary N) is 1. The normalized spacial score (nSPS) is 13.7. The molecule has 25 heavy (non-hydrogen) atoms. The summed E-state index contributed by atoms with van der Waals surface area (Å²) in [5.74, 6) is 1.59. The zero-order valence-corrected chi connectivity index (χ0v) is 17.1. The largest absolute Gasteiger partial charge is 0.346 e. The van der Waals surface area contributed by atoms with Gasteiger partial charge >= 0.3 is 0 Å². The molecule has 2 atom stereocenters. The molecule has 0 aromatic heterocycles. The van der Waals surface area contributed by atoms with Crippen LogP contribution >= 0.6 is 0 Å². The van der Waals surface area contributed by atoms with Crippen LogP contribution in [0.1, 0.15) is 98.3 Å². The molecule has 3 N–H and O–H groups in total. The van der Waals surface area contributed by atoms with Crippen LogP contribution in [0.5, 0.6) is 0 Å². The SMILES string of the molecule is CCC(NC(=O)CCCCCC(CCCCCCN)C(C)C)C(C)=O. The second-order valence-corrected chi connectivity index (χ2v) is 7.73. The van der Waals surface area contributed by atoms with Crippen molar-refractivity contribution < 1.29 is 9.59 Å². The highest BCUT2D eigenvalue weighted by molar-refractivity contribution is 5.87. The summed E-state index contributed by atoms with van der Waals surface area (Å²) in [6.45, 7) is 8.92. The minimum Gasteiger partial charge on any atom is -0.346 e. The van der Waals surface area contributed by atoms with Crippen LogP contribution in [0.25, 0.3) is 0 Å². The van der Waals surface area contributed by atoms with Crippen molar-refractivity contribution in [2.75, 3.05) is 6.54 Å². The van der Waals surface area contributed by atoms with Gasteiger partial charge in [-0.15, -0.1) is 0 Å². The van der Waals surface area contributed by atoms with E-state index in [0.717, 1.165) is 37.6 Å². The van der Waals surface area contributed by atoms with E-state index >= 15 is 0 Å². The third kappa shape index (κ3) is 13.0. The van der Waals surface area contributed by atoms with Gasteiger partial charge in [0.05, 0.1) is 6.04 Å². The number of hydrogen-bond acceptors (Lipinski definition) is 3. The van der Waals surface area contributed by atoms with E-state index in [-0.39, 0.29) is 17.7 Å². The molecule has 148 valence electrons. The zero-order chi connectivity index (χ0) is 19.1. The van der Waals surface area contributed by atoms with Crippen LogP contribution in [0.4, 0.5) is 0 Å².